The molecule has 0 heterocycles. The molecule has 0 saturated heterocycles. The molecule has 2 rings (SSSR count). The average molecular weight is 246 g/mol. The van der Waals surface area contributed by atoms with E-state index in [2.05, 4.69) is 10.5 Å². The molecule has 0 aromatic heterocycles. The van der Waals surface area contributed by atoms with Crippen LogP contribution in [-0.4, -0.2) is 6.21 Å². The van der Waals surface area contributed by atoms with E-state index in [-0.39, 0.29) is 5.69 Å². The fraction of sp³-hybridized carbons (Fsp3) is 0.0714. The maximum absolute atomic E-state index is 13.3. The van der Waals surface area contributed by atoms with Crippen molar-refractivity contribution < 1.29 is 8.78 Å². The van der Waals surface area contributed by atoms with Crippen LogP contribution in [0.15, 0.2) is 47.6 Å². The SMILES string of the molecule is Cc1cccc(/C=N\Nc2ccc(F)cc2F)c1. The Bertz CT molecular complexity index is 580. The lowest BCUT2D eigenvalue weighted by Crippen LogP contribution is -1.94. The highest BCUT2D eigenvalue weighted by Crippen LogP contribution is 2.14. The maximum atomic E-state index is 13.3. The van der Waals surface area contributed by atoms with Gasteiger partial charge in [0.2, 0.25) is 0 Å². The number of benzene rings is 2. The number of hydrogen-bond acceptors (Lipinski definition) is 2. The third-order valence-corrected chi connectivity index (χ3v) is 2.37. The van der Waals surface area contributed by atoms with Crippen molar-refractivity contribution in [1.82, 2.24) is 0 Å². The predicted octanol–water partition coefficient (Wildman–Crippen LogP) is 3.72. The number of rotatable bonds is 3. The molecule has 0 bridgehead atoms. The van der Waals surface area contributed by atoms with Gasteiger partial charge in [-0.2, -0.15) is 5.10 Å². The molecule has 92 valence electrons. The maximum Gasteiger partial charge on any atom is 0.151 e. The van der Waals surface area contributed by atoms with Gasteiger partial charge in [0.25, 0.3) is 0 Å². The number of halogens is 2. The summed E-state index contributed by atoms with van der Waals surface area (Å²) < 4.78 is 25.9. The third kappa shape index (κ3) is 3.13. The summed E-state index contributed by atoms with van der Waals surface area (Å²) in [6.07, 6.45) is 1.58. The van der Waals surface area contributed by atoms with Crippen molar-refractivity contribution in [2.75, 3.05) is 5.43 Å². The molecule has 0 saturated carbocycles. The van der Waals surface area contributed by atoms with Crippen LogP contribution in [0.25, 0.3) is 0 Å². The van der Waals surface area contributed by atoms with Gasteiger partial charge in [-0.25, -0.2) is 8.78 Å². The van der Waals surface area contributed by atoms with Crippen LogP contribution in [-0.2, 0) is 0 Å². The van der Waals surface area contributed by atoms with E-state index in [1.807, 2.05) is 31.2 Å². The quantitative estimate of drug-likeness (QED) is 0.647. The molecule has 0 fully saturated rings. The predicted molar refractivity (Wildman–Crippen MR) is 68.8 cm³/mol. The molecule has 1 N–H and O–H groups in total. The summed E-state index contributed by atoms with van der Waals surface area (Å²) >= 11 is 0. The highest BCUT2D eigenvalue weighted by Gasteiger charge is 2.01. The summed E-state index contributed by atoms with van der Waals surface area (Å²) in [6.45, 7) is 1.98. The number of aryl methyl sites for hydroxylation is 1. The van der Waals surface area contributed by atoms with Crippen molar-refractivity contribution in [3.63, 3.8) is 0 Å². The van der Waals surface area contributed by atoms with Gasteiger partial charge in [0.15, 0.2) is 5.82 Å². The Morgan fingerprint density at radius 2 is 1.94 bits per heavy atom. The van der Waals surface area contributed by atoms with E-state index in [0.29, 0.717) is 0 Å². The molecule has 0 aliphatic heterocycles. The van der Waals surface area contributed by atoms with Crippen molar-refractivity contribution in [2.24, 2.45) is 5.10 Å². The van der Waals surface area contributed by atoms with Gasteiger partial charge in [0.05, 0.1) is 11.9 Å². The second-order valence-corrected chi connectivity index (χ2v) is 3.91. The van der Waals surface area contributed by atoms with Gasteiger partial charge in [-0.1, -0.05) is 29.8 Å². The van der Waals surface area contributed by atoms with Gasteiger partial charge in [-0.3, -0.25) is 5.43 Å². The van der Waals surface area contributed by atoms with Crippen LogP contribution in [0.2, 0.25) is 0 Å². The Kier molecular flexibility index (Phi) is 3.67. The normalized spacial score (nSPS) is 10.8. The Balaban J connectivity index is 2.07. The zero-order chi connectivity index (χ0) is 13.0. The highest BCUT2D eigenvalue weighted by molar-refractivity contribution is 5.80. The van der Waals surface area contributed by atoms with E-state index in [9.17, 15) is 8.78 Å². The first-order valence-corrected chi connectivity index (χ1v) is 5.46. The lowest BCUT2D eigenvalue weighted by atomic mass is 10.2. The summed E-state index contributed by atoms with van der Waals surface area (Å²) in [5.41, 5.74) is 4.70. The molecule has 0 aliphatic rings. The summed E-state index contributed by atoms with van der Waals surface area (Å²) in [5.74, 6) is -1.28. The fourth-order valence-electron chi connectivity index (χ4n) is 1.51. The molecule has 0 spiro atoms. The van der Waals surface area contributed by atoms with Gasteiger partial charge >= 0.3 is 0 Å². The molecular formula is C14H12F2N2. The van der Waals surface area contributed by atoms with Crippen molar-refractivity contribution in [3.05, 3.63) is 65.2 Å². The Labute approximate surface area is 104 Å². The molecule has 2 nitrogen and oxygen atoms in total. The Morgan fingerprint density at radius 1 is 1.11 bits per heavy atom. The highest BCUT2D eigenvalue weighted by atomic mass is 19.1. The van der Waals surface area contributed by atoms with Crippen LogP contribution in [0.4, 0.5) is 14.5 Å². The standard InChI is InChI=1S/C14H12F2N2/c1-10-3-2-4-11(7-10)9-17-18-14-6-5-12(15)8-13(14)16/h2-9,18H,1H3/b17-9-. The van der Waals surface area contributed by atoms with Crippen molar-refractivity contribution in [3.8, 4) is 0 Å². The molecule has 0 unspecified atom stereocenters. The molecule has 2 aromatic carbocycles. The zero-order valence-corrected chi connectivity index (χ0v) is 9.82. The van der Waals surface area contributed by atoms with Crippen molar-refractivity contribution in [2.45, 2.75) is 6.92 Å². The smallest absolute Gasteiger partial charge is 0.151 e. The van der Waals surface area contributed by atoms with E-state index in [1.165, 1.54) is 12.1 Å². The topological polar surface area (TPSA) is 24.4 Å². The van der Waals surface area contributed by atoms with Crippen molar-refractivity contribution >= 4 is 11.9 Å². The zero-order valence-electron chi connectivity index (χ0n) is 9.82. The first kappa shape index (κ1) is 12.2. The second-order valence-electron chi connectivity index (χ2n) is 3.91. The van der Waals surface area contributed by atoms with Crippen LogP contribution in [0.3, 0.4) is 0 Å². The molecule has 0 aliphatic carbocycles. The molecule has 0 atom stereocenters. The summed E-state index contributed by atoms with van der Waals surface area (Å²) in [4.78, 5) is 0. The largest absolute Gasteiger partial charge is 0.276 e. The fourth-order valence-corrected chi connectivity index (χ4v) is 1.51. The Hall–Kier alpha value is -2.23. The van der Waals surface area contributed by atoms with Gasteiger partial charge in [-0.15, -0.1) is 0 Å². The number of nitrogens with one attached hydrogen (secondary N) is 1. The first-order chi connectivity index (χ1) is 8.65. The lowest BCUT2D eigenvalue weighted by molar-refractivity contribution is 0.585. The first-order valence-electron chi connectivity index (χ1n) is 5.46. The minimum absolute atomic E-state index is 0.139. The van der Waals surface area contributed by atoms with Crippen LogP contribution >= 0.6 is 0 Å². The third-order valence-electron chi connectivity index (χ3n) is 2.37. The van der Waals surface area contributed by atoms with Gasteiger partial charge in [-0.05, 0) is 24.6 Å². The number of hydrazone groups is 1. The summed E-state index contributed by atoms with van der Waals surface area (Å²) in [5, 5.41) is 3.91. The molecule has 0 radical (unpaired) electrons. The van der Waals surface area contributed by atoms with E-state index >= 15 is 0 Å². The van der Waals surface area contributed by atoms with Gasteiger partial charge in [0, 0.05) is 6.07 Å². The van der Waals surface area contributed by atoms with E-state index in [1.54, 1.807) is 6.21 Å². The lowest BCUT2D eigenvalue weighted by Gasteiger charge is -2.01. The minimum atomic E-state index is -0.670. The van der Waals surface area contributed by atoms with Gasteiger partial charge in [0.1, 0.15) is 5.82 Å². The minimum Gasteiger partial charge on any atom is -0.276 e. The molecule has 4 heteroatoms. The number of anilines is 1. The molecule has 2 aromatic rings. The van der Waals surface area contributed by atoms with Crippen LogP contribution in [0, 0.1) is 18.6 Å². The second kappa shape index (κ2) is 5.40. The van der Waals surface area contributed by atoms with E-state index < -0.39 is 11.6 Å². The summed E-state index contributed by atoms with van der Waals surface area (Å²) in [6, 6.07) is 11.0. The average Bonchev–Trinajstić information content (AvgIpc) is 2.32. The van der Waals surface area contributed by atoms with Crippen LogP contribution in [0.5, 0.6) is 0 Å². The summed E-state index contributed by atoms with van der Waals surface area (Å²) in [7, 11) is 0. The Morgan fingerprint density at radius 3 is 2.67 bits per heavy atom. The van der Waals surface area contributed by atoms with Crippen LogP contribution < -0.4 is 5.43 Å². The molecule has 18 heavy (non-hydrogen) atoms. The molecule has 0 amide bonds. The monoisotopic (exact) mass is 246 g/mol. The van der Waals surface area contributed by atoms with E-state index in [4.69, 9.17) is 0 Å². The number of hydrogen-bond donors (Lipinski definition) is 1. The van der Waals surface area contributed by atoms with Crippen LogP contribution in [0.1, 0.15) is 11.1 Å². The van der Waals surface area contributed by atoms with E-state index in [0.717, 1.165) is 17.2 Å². The van der Waals surface area contributed by atoms with Crippen molar-refractivity contribution in [1.29, 1.82) is 0 Å². The molecular weight excluding hydrogens is 234 g/mol. The van der Waals surface area contributed by atoms with Gasteiger partial charge < -0.3 is 0 Å². The number of nitrogens with zero attached hydrogens (tertiary/aromatic N) is 1.